The zero-order chi connectivity index (χ0) is 20.6. The van der Waals surface area contributed by atoms with Gasteiger partial charge >= 0.3 is 0 Å². The van der Waals surface area contributed by atoms with Crippen LogP contribution in [0.5, 0.6) is 0 Å². The number of carbonyl (C=O) groups excluding carboxylic acids is 2. The van der Waals surface area contributed by atoms with Crippen molar-refractivity contribution >= 4 is 11.7 Å². The number of hydrogen-bond donors (Lipinski definition) is 1. The van der Waals surface area contributed by atoms with Crippen LogP contribution in [0.25, 0.3) is 5.69 Å². The Hall–Kier alpha value is -3.28. The number of fused-ring (bicyclic) bond motifs is 1. The van der Waals surface area contributed by atoms with Gasteiger partial charge in [0.15, 0.2) is 5.78 Å². The number of hydrogen-bond acceptors (Lipinski definition) is 4. The molecule has 0 fully saturated rings. The minimum Gasteiger partial charge on any atom is -0.346 e. The van der Waals surface area contributed by atoms with Crippen LogP contribution in [0, 0.1) is 12.3 Å². The first kappa shape index (κ1) is 19.1. The average Bonchev–Trinajstić information content (AvgIpc) is 3.02. The topological polar surface area (TPSA) is 76.9 Å². The van der Waals surface area contributed by atoms with E-state index in [1.54, 1.807) is 18.3 Å². The average molecular weight is 388 g/mol. The lowest BCUT2D eigenvalue weighted by atomic mass is 9.75. The highest BCUT2D eigenvalue weighted by Crippen LogP contribution is 2.36. The Morgan fingerprint density at radius 2 is 1.90 bits per heavy atom. The molecule has 6 heteroatoms. The quantitative estimate of drug-likeness (QED) is 0.740. The number of aromatic nitrogens is 3. The third-order valence-electron chi connectivity index (χ3n) is 5.25. The van der Waals surface area contributed by atoms with Crippen molar-refractivity contribution in [2.75, 3.05) is 0 Å². The van der Waals surface area contributed by atoms with Gasteiger partial charge in [-0.05, 0) is 55.2 Å². The highest BCUT2D eigenvalue weighted by atomic mass is 16.1. The van der Waals surface area contributed by atoms with Crippen molar-refractivity contribution in [2.45, 2.75) is 40.2 Å². The Balaban J connectivity index is 1.55. The van der Waals surface area contributed by atoms with E-state index in [9.17, 15) is 9.59 Å². The monoisotopic (exact) mass is 388 g/mol. The van der Waals surface area contributed by atoms with Gasteiger partial charge in [-0.1, -0.05) is 19.9 Å². The van der Waals surface area contributed by atoms with Gasteiger partial charge in [-0.2, -0.15) is 5.10 Å². The zero-order valence-electron chi connectivity index (χ0n) is 16.9. The molecule has 0 aliphatic heterocycles. The first-order chi connectivity index (χ1) is 13.8. The van der Waals surface area contributed by atoms with Crippen molar-refractivity contribution in [3.63, 3.8) is 0 Å². The number of Topliss-reactive ketones (excluding diaryl/α,β-unsaturated/α-hetero) is 1. The van der Waals surface area contributed by atoms with Gasteiger partial charge in [0.2, 0.25) is 0 Å². The van der Waals surface area contributed by atoms with Gasteiger partial charge < -0.3 is 5.32 Å². The van der Waals surface area contributed by atoms with E-state index in [0.717, 1.165) is 34.8 Å². The minimum absolute atomic E-state index is 0.0837. The summed E-state index contributed by atoms with van der Waals surface area (Å²) in [5.74, 6) is 0.00251. The number of nitrogens with zero attached hydrogens (tertiary/aromatic N) is 3. The molecule has 1 amide bonds. The van der Waals surface area contributed by atoms with Crippen molar-refractivity contribution in [1.82, 2.24) is 20.1 Å². The second kappa shape index (κ2) is 7.28. The van der Waals surface area contributed by atoms with Crippen LogP contribution in [0.4, 0.5) is 0 Å². The van der Waals surface area contributed by atoms with E-state index >= 15 is 0 Å². The molecule has 1 aromatic carbocycles. The van der Waals surface area contributed by atoms with E-state index in [0.29, 0.717) is 18.5 Å². The summed E-state index contributed by atoms with van der Waals surface area (Å²) in [5, 5.41) is 7.49. The van der Waals surface area contributed by atoms with Crippen LogP contribution in [0.15, 0.2) is 48.7 Å². The molecule has 6 nitrogen and oxygen atoms in total. The van der Waals surface area contributed by atoms with E-state index in [1.165, 1.54) is 0 Å². The maximum Gasteiger partial charge on any atom is 0.251 e. The second-order valence-electron chi connectivity index (χ2n) is 8.31. The SMILES string of the molecule is Cc1nn(-c2ccc(C(=O)NCc3ccccn3)cc2)c2c1C(=O)CC(C)(C)C2. The molecule has 1 N–H and O–H groups in total. The van der Waals surface area contributed by atoms with Crippen LogP contribution < -0.4 is 5.32 Å². The number of pyridine rings is 1. The Bertz CT molecular complexity index is 1070. The molecule has 1 aliphatic rings. The first-order valence-electron chi connectivity index (χ1n) is 9.74. The van der Waals surface area contributed by atoms with E-state index in [4.69, 9.17) is 0 Å². The number of nitrogens with one attached hydrogen (secondary N) is 1. The molecule has 148 valence electrons. The molecule has 4 rings (SSSR count). The number of benzene rings is 1. The van der Waals surface area contributed by atoms with E-state index < -0.39 is 0 Å². The molecule has 3 aromatic rings. The van der Waals surface area contributed by atoms with E-state index in [2.05, 4.69) is 29.2 Å². The third kappa shape index (κ3) is 3.83. The Morgan fingerprint density at radius 1 is 1.14 bits per heavy atom. The smallest absolute Gasteiger partial charge is 0.251 e. The van der Waals surface area contributed by atoms with E-state index in [-0.39, 0.29) is 17.1 Å². The van der Waals surface area contributed by atoms with E-state index in [1.807, 2.05) is 41.9 Å². The lowest BCUT2D eigenvalue weighted by Crippen LogP contribution is -2.28. The Labute approximate surface area is 170 Å². The van der Waals surface area contributed by atoms with Crippen LogP contribution >= 0.6 is 0 Å². The molecular formula is C23H24N4O2. The molecule has 0 bridgehead atoms. The van der Waals surface area contributed by atoms with Gasteiger partial charge in [0.05, 0.1) is 34.9 Å². The number of aryl methyl sites for hydroxylation is 1. The lowest BCUT2D eigenvalue weighted by Gasteiger charge is -2.29. The normalized spacial score (nSPS) is 15.1. The van der Waals surface area contributed by atoms with Crippen LogP contribution in [0.2, 0.25) is 0 Å². The van der Waals surface area contributed by atoms with Gasteiger partial charge in [0.1, 0.15) is 0 Å². The van der Waals surface area contributed by atoms with Crippen molar-refractivity contribution in [3.8, 4) is 5.69 Å². The Morgan fingerprint density at radius 3 is 2.59 bits per heavy atom. The largest absolute Gasteiger partial charge is 0.346 e. The lowest BCUT2D eigenvalue weighted by molar-refractivity contribution is 0.0908. The van der Waals surface area contributed by atoms with Gasteiger partial charge in [0, 0.05) is 18.2 Å². The molecule has 2 heterocycles. The summed E-state index contributed by atoms with van der Waals surface area (Å²) in [6.45, 7) is 6.47. The highest BCUT2D eigenvalue weighted by Gasteiger charge is 2.35. The number of rotatable bonds is 4. The highest BCUT2D eigenvalue weighted by molar-refractivity contribution is 6.00. The molecule has 0 unspecified atom stereocenters. The summed E-state index contributed by atoms with van der Waals surface area (Å²) in [7, 11) is 0. The first-order valence-corrected chi connectivity index (χ1v) is 9.74. The van der Waals surface area contributed by atoms with Crippen molar-refractivity contribution in [3.05, 3.63) is 76.9 Å². The molecule has 0 saturated carbocycles. The van der Waals surface area contributed by atoms with Crippen molar-refractivity contribution < 1.29 is 9.59 Å². The van der Waals surface area contributed by atoms with Crippen LogP contribution in [0.1, 0.15) is 58.1 Å². The predicted octanol–water partition coefficient (Wildman–Crippen LogP) is 3.66. The van der Waals surface area contributed by atoms with Crippen LogP contribution in [-0.4, -0.2) is 26.5 Å². The third-order valence-corrected chi connectivity index (χ3v) is 5.25. The molecule has 29 heavy (non-hydrogen) atoms. The predicted molar refractivity (Wildman–Crippen MR) is 110 cm³/mol. The van der Waals surface area contributed by atoms with Crippen molar-refractivity contribution in [2.24, 2.45) is 5.41 Å². The van der Waals surface area contributed by atoms with Gasteiger partial charge in [-0.25, -0.2) is 4.68 Å². The number of carbonyl (C=O) groups is 2. The molecular weight excluding hydrogens is 364 g/mol. The summed E-state index contributed by atoms with van der Waals surface area (Å²) < 4.78 is 1.85. The summed E-state index contributed by atoms with van der Waals surface area (Å²) in [6, 6.07) is 12.9. The fourth-order valence-corrected chi connectivity index (χ4v) is 3.88. The number of amides is 1. The fourth-order valence-electron chi connectivity index (χ4n) is 3.88. The standard InChI is InChI=1S/C23H24N4O2/c1-15-21-19(12-23(2,3)13-20(21)28)27(26-15)18-9-7-16(8-10-18)22(29)25-14-17-6-4-5-11-24-17/h4-11H,12-14H2,1-3H3,(H,25,29). The molecule has 0 atom stereocenters. The van der Waals surface area contributed by atoms with Gasteiger partial charge in [-0.15, -0.1) is 0 Å². The molecule has 0 spiro atoms. The maximum atomic E-state index is 12.6. The number of ketones is 1. The van der Waals surface area contributed by atoms with Gasteiger partial charge in [0.25, 0.3) is 5.91 Å². The van der Waals surface area contributed by atoms with Gasteiger partial charge in [-0.3, -0.25) is 14.6 Å². The minimum atomic E-state index is -0.155. The molecule has 0 radical (unpaired) electrons. The van der Waals surface area contributed by atoms with Crippen LogP contribution in [0.3, 0.4) is 0 Å². The molecule has 0 saturated heterocycles. The maximum absolute atomic E-state index is 12.6. The summed E-state index contributed by atoms with van der Waals surface area (Å²) in [4.78, 5) is 29.2. The summed E-state index contributed by atoms with van der Waals surface area (Å²) in [5.41, 5.74) is 4.61. The van der Waals surface area contributed by atoms with Crippen molar-refractivity contribution in [1.29, 1.82) is 0 Å². The Kier molecular flexibility index (Phi) is 4.78. The fraction of sp³-hybridized carbons (Fsp3) is 0.304. The zero-order valence-corrected chi connectivity index (χ0v) is 16.9. The summed E-state index contributed by atoms with van der Waals surface area (Å²) >= 11 is 0. The molecule has 2 aromatic heterocycles. The molecule has 1 aliphatic carbocycles. The van der Waals surface area contributed by atoms with Crippen LogP contribution in [-0.2, 0) is 13.0 Å². The second-order valence-corrected chi connectivity index (χ2v) is 8.31. The summed E-state index contributed by atoms with van der Waals surface area (Å²) in [6.07, 6.45) is 3.04.